The third-order valence-electron chi connectivity index (χ3n) is 7.22. The number of hydrogen-bond acceptors (Lipinski definition) is 7. The Bertz CT molecular complexity index is 1320. The first-order valence-electron chi connectivity index (χ1n) is 13.3. The summed E-state index contributed by atoms with van der Waals surface area (Å²) in [6.07, 6.45) is 4.88. The number of thioether (sulfide) groups is 1. The summed E-state index contributed by atoms with van der Waals surface area (Å²) in [5.41, 5.74) is 2.50. The highest BCUT2D eigenvalue weighted by Crippen LogP contribution is 2.36. The van der Waals surface area contributed by atoms with E-state index in [0.717, 1.165) is 63.4 Å². The molecule has 38 heavy (non-hydrogen) atoms. The van der Waals surface area contributed by atoms with Crippen LogP contribution in [0.2, 0.25) is 0 Å². The van der Waals surface area contributed by atoms with E-state index in [2.05, 4.69) is 47.1 Å². The van der Waals surface area contributed by atoms with Crippen molar-refractivity contribution in [1.29, 1.82) is 5.26 Å². The number of carbonyl (C=O) groups is 1. The largest absolute Gasteiger partial charge is 0.355 e. The quantitative estimate of drug-likeness (QED) is 0.254. The zero-order chi connectivity index (χ0) is 27.2. The molecule has 0 saturated carbocycles. The Morgan fingerprint density at radius 2 is 1.79 bits per heavy atom. The summed E-state index contributed by atoms with van der Waals surface area (Å²) in [6, 6.07) is 12.5. The van der Waals surface area contributed by atoms with Gasteiger partial charge in [-0.2, -0.15) is 5.26 Å². The van der Waals surface area contributed by atoms with Crippen molar-refractivity contribution in [3.05, 3.63) is 67.8 Å². The predicted molar refractivity (Wildman–Crippen MR) is 159 cm³/mol. The highest BCUT2D eigenvalue weighted by Gasteiger charge is 2.33. The molecule has 9 heteroatoms. The first-order valence-corrected chi connectivity index (χ1v) is 14.6. The smallest absolute Gasteiger partial charge is 0.270 e. The Balaban J connectivity index is 1.68. The summed E-state index contributed by atoms with van der Waals surface area (Å²) in [4.78, 5) is 33.5. The Hall–Kier alpha value is -2.93. The van der Waals surface area contributed by atoms with Crippen molar-refractivity contribution >= 4 is 46.1 Å². The van der Waals surface area contributed by atoms with Gasteiger partial charge in [-0.15, -0.1) is 0 Å². The first-order chi connectivity index (χ1) is 18.4. The highest BCUT2D eigenvalue weighted by atomic mass is 32.2. The Labute approximate surface area is 234 Å². The lowest BCUT2D eigenvalue weighted by Crippen LogP contribution is -2.48. The van der Waals surface area contributed by atoms with Crippen molar-refractivity contribution in [2.45, 2.75) is 53.1 Å². The van der Waals surface area contributed by atoms with Crippen molar-refractivity contribution in [3.8, 4) is 6.07 Å². The van der Waals surface area contributed by atoms with Crippen LogP contribution in [0.15, 0.2) is 40.0 Å². The van der Waals surface area contributed by atoms with Crippen molar-refractivity contribution < 1.29 is 4.79 Å². The molecule has 0 spiro atoms. The van der Waals surface area contributed by atoms with Crippen LogP contribution in [0.4, 0.5) is 5.82 Å². The molecule has 2 aliphatic heterocycles. The van der Waals surface area contributed by atoms with Gasteiger partial charge in [-0.3, -0.25) is 24.0 Å². The maximum atomic E-state index is 13.3. The minimum absolute atomic E-state index is 0.0955. The van der Waals surface area contributed by atoms with E-state index in [1.807, 2.05) is 26.0 Å². The van der Waals surface area contributed by atoms with Gasteiger partial charge in [-0.1, -0.05) is 74.1 Å². The molecule has 7 nitrogen and oxygen atoms in total. The van der Waals surface area contributed by atoms with Gasteiger partial charge in [0, 0.05) is 51.4 Å². The van der Waals surface area contributed by atoms with E-state index < -0.39 is 0 Å². The molecule has 0 radical (unpaired) electrons. The molecule has 3 heterocycles. The molecule has 1 amide bonds. The zero-order valence-corrected chi connectivity index (χ0v) is 24.0. The van der Waals surface area contributed by atoms with Crippen LogP contribution < -0.4 is 10.5 Å². The van der Waals surface area contributed by atoms with Gasteiger partial charge in [-0.25, -0.2) is 0 Å². The van der Waals surface area contributed by atoms with E-state index in [1.54, 1.807) is 9.47 Å². The van der Waals surface area contributed by atoms with Crippen LogP contribution in [-0.2, 0) is 17.9 Å². The average Bonchev–Trinajstić information content (AvgIpc) is 3.19. The number of anilines is 1. The van der Waals surface area contributed by atoms with Gasteiger partial charge in [0.2, 0.25) is 0 Å². The SMILES string of the molecule is CCCCCN1C(=O)/C(=C/c2c(C)c(C#N)c(=O)n(CC)c2N2CCN(Cc3ccccc3)CC2)SC1=S. The third kappa shape index (κ3) is 5.88. The van der Waals surface area contributed by atoms with Crippen LogP contribution in [0.1, 0.15) is 55.4 Å². The van der Waals surface area contributed by atoms with Crippen LogP contribution in [0.3, 0.4) is 0 Å². The fourth-order valence-electron chi connectivity index (χ4n) is 5.08. The van der Waals surface area contributed by atoms with E-state index in [0.29, 0.717) is 27.9 Å². The lowest BCUT2D eigenvalue weighted by molar-refractivity contribution is -0.122. The minimum Gasteiger partial charge on any atom is -0.355 e. The highest BCUT2D eigenvalue weighted by molar-refractivity contribution is 8.26. The molecule has 1 aromatic carbocycles. The average molecular weight is 550 g/mol. The number of piperazine rings is 1. The molecule has 4 rings (SSSR count). The number of nitrogens with zero attached hydrogens (tertiary/aromatic N) is 5. The Morgan fingerprint density at radius 1 is 1.08 bits per heavy atom. The van der Waals surface area contributed by atoms with Crippen molar-refractivity contribution in [1.82, 2.24) is 14.4 Å². The van der Waals surface area contributed by atoms with E-state index in [-0.39, 0.29) is 17.0 Å². The van der Waals surface area contributed by atoms with Crippen molar-refractivity contribution in [2.75, 3.05) is 37.6 Å². The number of aromatic nitrogens is 1. The summed E-state index contributed by atoms with van der Waals surface area (Å²) in [5.74, 6) is 0.687. The molecule has 200 valence electrons. The lowest BCUT2D eigenvalue weighted by atomic mass is 10.0. The Morgan fingerprint density at radius 3 is 2.42 bits per heavy atom. The number of carbonyl (C=O) groups excluding carboxylic acids is 1. The van der Waals surface area contributed by atoms with Crippen LogP contribution >= 0.6 is 24.0 Å². The topological polar surface area (TPSA) is 72.6 Å². The minimum atomic E-state index is -0.279. The van der Waals surface area contributed by atoms with E-state index in [9.17, 15) is 14.9 Å². The fraction of sp³-hybridized carbons (Fsp3) is 0.448. The monoisotopic (exact) mass is 549 g/mol. The maximum Gasteiger partial charge on any atom is 0.270 e. The summed E-state index contributed by atoms with van der Waals surface area (Å²) in [6.45, 7) is 11.0. The maximum absolute atomic E-state index is 13.3. The van der Waals surface area contributed by atoms with E-state index in [4.69, 9.17) is 12.2 Å². The number of rotatable bonds is 9. The number of pyridine rings is 1. The standard InChI is InChI=1S/C29H35N5O2S2/c1-4-6-10-13-34-28(36)25(38-29(34)37)18-23-21(3)24(19-30)27(35)33(5-2)26(23)32-16-14-31(15-17-32)20-22-11-8-7-9-12-22/h7-9,11-12,18H,4-6,10,13-17,20H2,1-3H3/b25-18-. The zero-order valence-electron chi connectivity index (χ0n) is 22.4. The summed E-state index contributed by atoms with van der Waals surface area (Å²) >= 11 is 6.84. The van der Waals surface area contributed by atoms with E-state index in [1.165, 1.54) is 17.3 Å². The fourth-order valence-corrected chi connectivity index (χ4v) is 6.37. The van der Waals surface area contributed by atoms with Gasteiger partial charge >= 0.3 is 0 Å². The molecule has 1 aromatic heterocycles. The van der Waals surface area contributed by atoms with Gasteiger partial charge in [0.1, 0.15) is 21.8 Å². The van der Waals surface area contributed by atoms with Crippen LogP contribution in [0, 0.1) is 18.3 Å². The molecule has 0 atom stereocenters. The van der Waals surface area contributed by atoms with Gasteiger partial charge in [0.25, 0.3) is 11.5 Å². The number of unbranched alkanes of at least 4 members (excludes halogenated alkanes) is 2. The van der Waals surface area contributed by atoms with Crippen molar-refractivity contribution in [2.24, 2.45) is 0 Å². The van der Waals surface area contributed by atoms with Crippen molar-refractivity contribution in [3.63, 3.8) is 0 Å². The molecule has 2 saturated heterocycles. The number of amides is 1. The number of benzene rings is 1. The molecule has 2 fully saturated rings. The lowest BCUT2D eigenvalue weighted by Gasteiger charge is -2.38. The van der Waals surface area contributed by atoms with Gasteiger partial charge in [-0.05, 0) is 37.5 Å². The Kier molecular flexibility index (Phi) is 9.42. The van der Waals surface area contributed by atoms with Crippen LogP contribution in [-0.4, -0.2) is 57.3 Å². The van der Waals surface area contributed by atoms with Gasteiger partial charge < -0.3 is 4.90 Å². The second-order valence-electron chi connectivity index (χ2n) is 9.69. The molecule has 2 aliphatic rings. The molecule has 2 aromatic rings. The molecule has 0 unspecified atom stereocenters. The molecule has 0 N–H and O–H groups in total. The van der Waals surface area contributed by atoms with Gasteiger partial charge in [0.05, 0.1) is 4.91 Å². The number of thiocarbonyl (C=S) groups is 1. The first kappa shape index (κ1) is 28.1. The molecular formula is C29H35N5O2S2. The summed E-state index contributed by atoms with van der Waals surface area (Å²) < 4.78 is 2.25. The second kappa shape index (κ2) is 12.7. The van der Waals surface area contributed by atoms with Gasteiger partial charge in [0.15, 0.2) is 0 Å². The molecule has 0 bridgehead atoms. The number of nitriles is 1. The van der Waals surface area contributed by atoms with Crippen LogP contribution in [0.5, 0.6) is 0 Å². The molecule has 0 aliphatic carbocycles. The van der Waals surface area contributed by atoms with E-state index >= 15 is 0 Å². The number of hydrogen-bond donors (Lipinski definition) is 0. The second-order valence-corrected chi connectivity index (χ2v) is 11.4. The normalized spacial score (nSPS) is 17.5. The summed E-state index contributed by atoms with van der Waals surface area (Å²) in [5, 5.41) is 9.83. The summed E-state index contributed by atoms with van der Waals surface area (Å²) in [7, 11) is 0. The van der Waals surface area contributed by atoms with Crippen LogP contribution in [0.25, 0.3) is 6.08 Å². The molecular weight excluding hydrogens is 514 g/mol. The third-order valence-corrected chi connectivity index (χ3v) is 8.60. The predicted octanol–water partition coefficient (Wildman–Crippen LogP) is 4.76.